The van der Waals surface area contributed by atoms with Crippen LogP contribution in [0.25, 0.3) is 11.4 Å². The molecule has 1 aromatic heterocycles. The molecule has 3 N–H and O–H groups in total. The van der Waals surface area contributed by atoms with E-state index in [9.17, 15) is 0 Å². The van der Waals surface area contributed by atoms with Gasteiger partial charge < -0.3 is 20.1 Å². The summed E-state index contributed by atoms with van der Waals surface area (Å²) in [7, 11) is 3.32. The van der Waals surface area contributed by atoms with E-state index < -0.39 is 0 Å². The number of aromatic amines is 1. The molecule has 0 spiro atoms. The van der Waals surface area contributed by atoms with Gasteiger partial charge in [0.25, 0.3) is 0 Å². The second-order valence-electron chi connectivity index (χ2n) is 6.70. The summed E-state index contributed by atoms with van der Waals surface area (Å²) < 4.78 is 10.7. The van der Waals surface area contributed by atoms with Crippen molar-refractivity contribution in [1.29, 1.82) is 0 Å². The molecule has 2 aromatic carbocycles. The number of aromatic nitrogens is 3. The summed E-state index contributed by atoms with van der Waals surface area (Å²) in [5.74, 6) is 3.70. The highest BCUT2D eigenvalue weighted by molar-refractivity contribution is 5.79. The first-order valence-electron chi connectivity index (χ1n) is 9.84. The number of methoxy groups -OCH3 is 2. The van der Waals surface area contributed by atoms with Gasteiger partial charge >= 0.3 is 0 Å². The zero-order chi connectivity index (χ0) is 21.3. The first kappa shape index (κ1) is 21.2. The van der Waals surface area contributed by atoms with Gasteiger partial charge in [0.15, 0.2) is 11.8 Å². The lowest BCUT2D eigenvalue weighted by atomic mass is 10.1. The van der Waals surface area contributed by atoms with Gasteiger partial charge in [-0.05, 0) is 49.7 Å². The van der Waals surface area contributed by atoms with Gasteiger partial charge in [-0.25, -0.2) is 9.98 Å². The third-order valence-corrected chi connectivity index (χ3v) is 4.50. The van der Waals surface area contributed by atoms with Crippen LogP contribution in [-0.2, 0) is 13.1 Å². The first-order chi connectivity index (χ1) is 14.6. The lowest BCUT2D eigenvalue weighted by Crippen LogP contribution is -2.37. The van der Waals surface area contributed by atoms with Crippen molar-refractivity contribution in [3.63, 3.8) is 0 Å². The molecule has 0 saturated carbocycles. The number of nitrogens with one attached hydrogen (secondary N) is 3. The molecule has 8 nitrogen and oxygen atoms in total. The van der Waals surface area contributed by atoms with Crippen LogP contribution in [0.3, 0.4) is 0 Å². The van der Waals surface area contributed by atoms with Crippen LogP contribution in [0.2, 0.25) is 0 Å². The molecule has 0 aliphatic heterocycles. The number of aliphatic imine (C=N–C) groups is 1. The van der Waals surface area contributed by atoms with Crippen molar-refractivity contribution in [3.05, 3.63) is 59.4 Å². The minimum Gasteiger partial charge on any atom is -0.497 e. The predicted molar refractivity (Wildman–Crippen MR) is 118 cm³/mol. The topological polar surface area (TPSA) is 96.5 Å². The minimum absolute atomic E-state index is 0.472. The lowest BCUT2D eigenvalue weighted by molar-refractivity contribution is 0.409. The maximum Gasteiger partial charge on any atom is 0.191 e. The highest BCUT2D eigenvalue weighted by Gasteiger charge is 2.08. The zero-order valence-corrected chi connectivity index (χ0v) is 17.8. The molecule has 0 atom stereocenters. The SMILES string of the molecule is CCNC(=NCc1ccc(C)cc1OC)NCc1nc(-c2ccc(OC)cc2)n[nH]1. The monoisotopic (exact) mass is 408 g/mol. The highest BCUT2D eigenvalue weighted by Crippen LogP contribution is 2.21. The molecule has 0 aliphatic carbocycles. The standard InChI is InChI=1S/C22H28N6O2/c1-5-23-22(24-13-17-7-6-15(2)12-19(17)30-4)25-14-20-26-21(28-27-20)16-8-10-18(29-3)11-9-16/h6-12H,5,13-14H2,1-4H3,(H2,23,24,25)(H,26,27,28). The van der Waals surface area contributed by atoms with Gasteiger partial charge in [-0.2, -0.15) is 5.10 Å². The van der Waals surface area contributed by atoms with Crippen LogP contribution in [0.15, 0.2) is 47.5 Å². The highest BCUT2D eigenvalue weighted by atomic mass is 16.5. The van der Waals surface area contributed by atoms with Gasteiger partial charge in [0.1, 0.15) is 17.3 Å². The summed E-state index contributed by atoms with van der Waals surface area (Å²) in [5.41, 5.74) is 3.11. The van der Waals surface area contributed by atoms with Crippen LogP contribution >= 0.6 is 0 Å². The molecule has 0 amide bonds. The fourth-order valence-electron chi connectivity index (χ4n) is 2.90. The van der Waals surface area contributed by atoms with E-state index in [1.807, 2.05) is 50.2 Å². The van der Waals surface area contributed by atoms with Crippen molar-refractivity contribution in [2.75, 3.05) is 20.8 Å². The number of H-pyrrole nitrogens is 1. The summed E-state index contributed by atoms with van der Waals surface area (Å²) >= 11 is 0. The molecule has 0 aliphatic rings. The van der Waals surface area contributed by atoms with Crippen molar-refractivity contribution in [2.45, 2.75) is 26.9 Å². The lowest BCUT2D eigenvalue weighted by Gasteiger charge is -2.11. The molecule has 0 fully saturated rings. The average molecular weight is 409 g/mol. The van der Waals surface area contributed by atoms with Gasteiger partial charge in [0.2, 0.25) is 0 Å². The molecule has 30 heavy (non-hydrogen) atoms. The molecule has 1 heterocycles. The molecular weight excluding hydrogens is 380 g/mol. The van der Waals surface area contributed by atoms with E-state index in [1.165, 1.54) is 0 Å². The second kappa shape index (κ2) is 10.3. The Morgan fingerprint density at radius 2 is 1.87 bits per heavy atom. The van der Waals surface area contributed by atoms with Crippen molar-refractivity contribution < 1.29 is 9.47 Å². The Morgan fingerprint density at radius 3 is 2.57 bits per heavy atom. The van der Waals surface area contributed by atoms with Crippen LogP contribution in [0, 0.1) is 6.92 Å². The molecule has 158 valence electrons. The minimum atomic E-state index is 0.472. The molecule has 3 rings (SSSR count). The van der Waals surface area contributed by atoms with Crippen molar-refractivity contribution in [1.82, 2.24) is 25.8 Å². The summed E-state index contributed by atoms with van der Waals surface area (Å²) in [6, 6.07) is 13.7. The maximum atomic E-state index is 5.47. The Balaban J connectivity index is 1.64. The fraction of sp³-hybridized carbons (Fsp3) is 0.318. The van der Waals surface area contributed by atoms with Crippen molar-refractivity contribution in [3.8, 4) is 22.9 Å². The Morgan fingerprint density at radius 1 is 1.07 bits per heavy atom. The smallest absolute Gasteiger partial charge is 0.191 e. The van der Waals surface area contributed by atoms with E-state index in [1.54, 1.807) is 14.2 Å². The number of guanidine groups is 1. The number of rotatable bonds is 8. The third-order valence-electron chi connectivity index (χ3n) is 4.50. The van der Waals surface area contributed by atoms with Crippen LogP contribution in [-0.4, -0.2) is 41.9 Å². The average Bonchev–Trinajstić information content (AvgIpc) is 3.25. The number of hydrogen-bond acceptors (Lipinski definition) is 5. The first-order valence-corrected chi connectivity index (χ1v) is 9.84. The number of benzene rings is 2. The van der Waals surface area contributed by atoms with E-state index in [4.69, 9.17) is 9.47 Å². The summed E-state index contributed by atoms with van der Waals surface area (Å²) in [6.07, 6.45) is 0. The van der Waals surface area contributed by atoms with E-state index in [2.05, 4.69) is 36.9 Å². The number of hydrogen-bond donors (Lipinski definition) is 3. The van der Waals surface area contributed by atoms with Crippen LogP contribution < -0.4 is 20.1 Å². The van der Waals surface area contributed by atoms with E-state index in [0.29, 0.717) is 24.9 Å². The van der Waals surface area contributed by atoms with Crippen molar-refractivity contribution >= 4 is 5.96 Å². The Bertz CT molecular complexity index is 982. The van der Waals surface area contributed by atoms with Crippen molar-refractivity contribution in [2.24, 2.45) is 4.99 Å². The largest absolute Gasteiger partial charge is 0.497 e. The predicted octanol–water partition coefficient (Wildman–Crippen LogP) is 3.05. The Hall–Kier alpha value is -3.55. The van der Waals surface area contributed by atoms with E-state index >= 15 is 0 Å². The molecule has 0 radical (unpaired) electrons. The number of aryl methyl sites for hydroxylation is 1. The maximum absolute atomic E-state index is 5.47. The summed E-state index contributed by atoms with van der Waals surface area (Å²) in [5, 5.41) is 13.8. The summed E-state index contributed by atoms with van der Waals surface area (Å²) in [4.78, 5) is 9.21. The molecule has 0 bridgehead atoms. The normalized spacial score (nSPS) is 11.3. The third kappa shape index (κ3) is 5.50. The van der Waals surface area contributed by atoms with Crippen LogP contribution in [0.4, 0.5) is 0 Å². The van der Waals surface area contributed by atoms with Crippen LogP contribution in [0.1, 0.15) is 23.9 Å². The van der Waals surface area contributed by atoms with Gasteiger partial charge in [-0.1, -0.05) is 12.1 Å². The molecule has 3 aromatic rings. The van der Waals surface area contributed by atoms with Crippen LogP contribution in [0.5, 0.6) is 11.5 Å². The molecule has 8 heteroatoms. The Labute approximate surface area is 176 Å². The number of ether oxygens (including phenoxy) is 2. The zero-order valence-electron chi connectivity index (χ0n) is 17.8. The fourth-order valence-corrected chi connectivity index (χ4v) is 2.90. The van der Waals surface area contributed by atoms with Gasteiger partial charge in [0, 0.05) is 17.7 Å². The van der Waals surface area contributed by atoms with E-state index in [0.717, 1.165) is 40.6 Å². The quantitative estimate of drug-likeness (QED) is 0.392. The summed E-state index contributed by atoms with van der Waals surface area (Å²) in [6.45, 7) is 5.80. The Kier molecular flexibility index (Phi) is 7.26. The van der Waals surface area contributed by atoms with Gasteiger partial charge in [-0.3, -0.25) is 5.10 Å². The number of nitrogens with zero attached hydrogens (tertiary/aromatic N) is 3. The molecule has 0 saturated heterocycles. The molecular formula is C22H28N6O2. The van der Waals surface area contributed by atoms with Gasteiger partial charge in [-0.15, -0.1) is 0 Å². The molecule has 0 unspecified atom stereocenters. The van der Waals surface area contributed by atoms with Gasteiger partial charge in [0.05, 0.1) is 27.3 Å². The second-order valence-corrected chi connectivity index (χ2v) is 6.70. The van der Waals surface area contributed by atoms with E-state index in [-0.39, 0.29) is 0 Å².